The summed E-state index contributed by atoms with van der Waals surface area (Å²) in [6.07, 6.45) is -0.265. The van der Waals surface area contributed by atoms with Crippen molar-refractivity contribution in [1.82, 2.24) is 47.5 Å². The summed E-state index contributed by atoms with van der Waals surface area (Å²) in [5.41, 5.74) is 29.3. The summed E-state index contributed by atoms with van der Waals surface area (Å²) < 4.78 is 0. The molecule has 1 aliphatic heterocycles. The van der Waals surface area contributed by atoms with Gasteiger partial charge in [-0.05, 0) is 68.6 Å². The molecular weight excluding hydrogens is 989 g/mol. The first kappa shape index (κ1) is 59.8. The second-order valence-corrected chi connectivity index (χ2v) is 18.1. The van der Waals surface area contributed by atoms with E-state index in [1.165, 1.54) is 6.92 Å². The Morgan fingerprint density at radius 1 is 0.697 bits per heavy atom. The van der Waals surface area contributed by atoms with E-state index in [-0.39, 0.29) is 89.3 Å². The predicted octanol–water partition coefficient (Wildman–Crippen LogP) is -3.49. The van der Waals surface area contributed by atoms with Gasteiger partial charge in [-0.3, -0.25) is 53.1 Å². The van der Waals surface area contributed by atoms with Crippen molar-refractivity contribution in [1.29, 1.82) is 0 Å². The van der Waals surface area contributed by atoms with E-state index in [9.17, 15) is 53.1 Å². The molecule has 0 aliphatic carbocycles. The number of carbonyl (C=O) groups excluding carboxylic acids is 9. The highest BCUT2D eigenvalue weighted by atomic mass is 16.4. The molecule has 4 rings (SSSR count). The van der Waals surface area contributed by atoms with Gasteiger partial charge >= 0.3 is 5.97 Å². The molecule has 9 amide bonds. The molecule has 2 aromatic carbocycles. The zero-order chi connectivity index (χ0) is 55.7. The van der Waals surface area contributed by atoms with Crippen LogP contribution in [0.5, 0.6) is 0 Å². The topological polar surface area (TPSA) is 458 Å². The third-order valence-corrected chi connectivity index (χ3v) is 12.1. The molecule has 0 radical (unpaired) electrons. The molecular formula is C49H70N16O11. The summed E-state index contributed by atoms with van der Waals surface area (Å²) in [6, 6.07) is 5.38. The Balaban J connectivity index is 1.78. The number of aliphatic carboxylic acids is 1. The van der Waals surface area contributed by atoms with Crippen LogP contribution in [0, 0.1) is 0 Å². The molecule has 2 heterocycles. The summed E-state index contributed by atoms with van der Waals surface area (Å²) in [4.78, 5) is 147. The Bertz CT molecular complexity index is 2580. The van der Waals surface area contributed by atoms with Crippen molar-refractivity contribution in [2.75, 3.05) is 19.6 Å². The van der Waals surface area contributed by atoms with Crippen LogP contribution in [0.15, 0.2) is 70.8 Å². The van der Waals surface area contributed by atoms with E-state index in [4.69, 9.17) is 28.7 Å². The molecule has 27 heteroatoms. The molecule has 76 heavy (non-hydrogen) atoms. The maximum absolute atomic E-state index is 14.6. The summed E-state index contributed by atoms with van der Waals surface area (Å²) >= 11 is 0. The summed E-state index contributed by atoms with van der Waals surface area (Å²) in [6.45, 7) is 1.18. The van der Waals surface area contributed by atoms with Crippen molar-refractivity contribution < 1.29 is 53.1 Å². The van der Waals surface area contributed by atoms with E-state index in [1.54, 1.807) is 60.8 Å². The number of hydrogen-bond donors (Lipinski definition) is 15. The number of carboxylic acids is 1. The number of H-pyrrole nitrogens is 1. The SMILES string of the molecule is CC(=O)N[C@@H](CCCN=C(N)N)C(=O)N[C@H]1CCC(=O)NCCC[C@@H](C(=O)O)NC(=O)[C@H](Cc2c[nH]c3ccccc23)NC(=O)[C@H](CCCN=C(N)N)NC(=O)[C@@H](Cc2ccccc2)NC(=O)[C@H](CCC(N)=O)NC1=O. The van der Waals surface area contributed by atoms with Crippen molar-refractivity contribution in [2.45, 2.75) is 126 Å². The molecule has 0 saturated carbocycles. The van der Waals surface area contributed by atoms with Crippen LogP contribution in [0.1, 0.15) is 82.3 Å². The first-order valence-corrected chi connectivity index (χ1v) is 24.8. The van der Waals surface area contributed by atoms with Crippen LogP contribution in [-0.2, 0) is 60.8 Å². The van der Waals surface area contributed by atoms with Gasteiger partial charge in [0.1, 0.15) is 42.3 Å². The number of aromatic amines is 1. The number of carbonyl (C=O) groups is 10. The van der Waals surface area contributed by atoms with Gasteiger partial charge in [0.25, 0.3) is 0 Å². The summed E-state index contributed by atoms with van der Waals surface area (Å²) in [7, 11) is 0. The Kier molecular flexibility index (Phi) is 23.9. The van der Waals surface area contributed by atoms with E-state index in [0.29, 0.717) is 11.1 Å². The van der Waals surface area contributed by atoms with Gasteiger partial charge in [0.2, 0.25) is 53.2 Å². The molecule has 1 aliphatic rings. The number of aromatic nitrogens is 1. The first-order valence-electron chi connectivity index (χ1n) is 24.8. The van der Waals surface area contributed by atoms with Crippen LogP contribution in [-0.4, -0.2) is 143 Å². The van der Waals surface area contributed by atoms with Gasteiger partial charge in [0.05, 0.1) is 0 Å². The van der Waals surface area contributed by atoms with Gasteiger partial charge in [-0.15, -0.1) is 0 Å². The van der Waals surface area contributed by atoms with Crippen LogP contribution in [0.2, 0.25) is 0 Å². The number of fused-ring (bicyclic) bond motifs is 1. The Labute approximate surface area is 437 Å². The van der Waals surface area contributed by atoms with Gasteiger partial charge in [0, 0.05) is 69.3 Å². The standard InChI is InChI=1S/C49H70N16O11/c1-27(66)59-32(14-7-22-56-48(51)52)41(69)62-35-18-20-40(68)55-21-9-16-36(47(75)76)63-46(74)38(25-29-26-58-31-13-6-5-12-30(29)31)65-42(70)33(15-8-23-57-49(53)54)60-45(73)37(24-28-10-3-2-4-11-28)64-44(72)34(61-43(35)71)17-19-39(50)67/h2-6,10-13,26,32-38,58H,7-9,14-25H2,1H3,(H2,50,67)(H,55,68)(H,59,66)(H,60,73)(H,61,71)(H,62,69)(H,63,74)(H,64,72)(H,65,70)(H,75,76)(H4,51,52,56)(H4,53,54,57)/t32-,33-,34-,35-,36-,37+,38-/m0/s1. The fourth-order valence-electron chi connectivity index (χ4n) is 8.19. The smallest absolute Gasteiger partial charge is 0.326 e. The monoisotopic (exact) mass is 1060 g/mol. The van der Waals surface area contributed by atoms with Gasteiger partial charge in [-0.2, -0.15) is 0 Å². The molecule has 7 atom stereocenters. The van der Waals surface area contributed by atoms with Crippen LogP contribution in [0.4, 0.5) is 0 Å². The van der Waals surface area contributed by atoms with Gasteiger partial charge in [-0.25, -0.2) is 4.79 Å². The number of nitrogens with two attached hydrogens (primary N) is 5. The third kappa shape index (κ3) is 20.6. The Hall–Kier alpha value is -8.78. The highest BCUT2D eigenvalue weighted by molar-refractivity contribution is 5.98. The fourth-order valence-corrected chi connectivity index (χ4v) is 8.19. The normalized spacial score (nSPS) is 20.9. The van der Waals surface area contributed by atoms with E-state index in [2.05, 4.69) is 57.5 Å². The van der Waals surface area contributed by atoms with Crippen molar-refractivity contribution in [3.8, 4) is 0 Å². The number of benzene rings is 2. The lowest BCUT2D eigenvalue weighted by atomic mass is 10.0. The molecule has 0 unspecified atom stereocenters. The lowest BCUT2D eigenvalue weighted by Gasteiger charge is -2.28. The minimum absolute atomic E-state index is 0.00680. The number of amides is 9. The van der Waals surface area contributed by atoms with Crippen LogP contribution < -0.4 is 71.2 Å². The van der Waals surface area contributed by atoms with Crippen LogP contribution >= 0.6 is 0 Å². The number of nitrogens with zero attached hydrogens (tertiary/aromatic N) is 2. The Morgan fingerprint density at radius 3 is 1.92 bits per heavy atom. The highest BCUT2D eigenvalue weighted by Crippen LogP contribution is 2.20. The van der Waals surface area contributed by atoms with Crippen molar-refractivity contribution >= 4 is 82.0 Å². The van der Waals surface area contributed by atoms with Gasteiger partial charge in [0.15, 0.2) is 11.9 Å². The number of primary amides is 1. The van der Waals surface area contributed by atoms with Crippen molar-refractivity contribution in [3.63, 3.8) is 0 Å². The lowest BCUT2D eigenvalue weighted by molar-refractivity contribution is -0.142. The lowest BCUT2D eigenvalue weighted by Crippen LogP contribution is -2.60. The van der Waals surface area contributed by atoms with E-state index >= 15 is 0 Å². The van der Waals surface area contributed by atoms with Crippen LogP contribution in [0.3, 0.4) is 0 Å². The average Bonchev–Trinajstić information content (AvgIpc) is 3.78. The number of para-hydroxylation sites is 1. The fraction of sp³-hybridized carbons (Fsp3) is 0.469. The number of guanidine groups is 2. The molecule has 1 fully saturated rings. The van der Waals surface area contributed by atoms with Gasteiger partial charge < -0.3 is 81.3 Å². The first-order chi connectivity index (χ1) is 36.2. The molecule has 412 valence electrons. The van der Waals surface area contributed by atoms with Crippen molar-refractivity contribution in [3.05, 3.63) is 71.9 Å². The number of hydrogen-bond acceptors (Lipinski definition) is 12. The molecule has 1 aromatic heterocycles. The second-order valence-electron chi connectivity index (χ2n) is 18.1. The van der Waals surface area contributed by atoms with Gasteiger partial charge in [-0.1, -0.05) is 48.5 Å². The average molecular weight is 1060 g/mol. The molecule has 20 N–H and O–H groups in total. The molecule has 3 aromatic rings. The number of nitrogens with one attached hydrogen (secondary N) is 9. The zero-order valence-electron chi connectivity index (χ0n) is 42.2. The summed E-state index contributed by atoms with van der Waals surface area (Å²) in [5.74, 6) is -9.41. The molecule has 1 saturated heterocycles. The second kappa shape index (κ2) is 30.4. The van der Waals surface area contributed by atoms with E-state index < -0.39 is 121 Å². The zero-order valence-corrected chi connectivity index (χ0v) is 42.2. The third-order valence-electron chi connectivity index (χ3n) is 12.1. The maximum Gasteiger partial charge on any atom is 0.326 e. The highest BCUT2D eigenvalue weighted by Gasteiger charge is 2.35. The number of carboxylic acid groups (broad SMARTS) is 1. The molecule has 27 nitrogen and oxygen atoms in total. The molecule has 0 bridgehead atoms. The minimum atomic E-state index is -1.60. The van der Waals surface area contributed by atoms with Crippen molar-refractivity contribution in [2.24, 2.45) is 38.7 Å². The van der Waals surface area contributed by atoms with E-state index in [1.807, 2.05) is 0 Å². The predicted molar refractivity (Wildman–Crippen MR) is 279 cm³/mol. The summed E-state index contributed by atoms with van der Waals surface area (Å²) in [5, 5.41) is 31.7. The number of rotatable bonds is 19. The minimum Gasteiger partial charge on any atom is -0.480 e. The quantitative estimate of drug-likeness (QED) is 0.0315. The largest absolute Gasteiger partial charge is 0.480 e. The number of aliphatic imine (C=N–C) groups is 2. The maximum atomic E-state index is 14.6. The molecule has 0 spiro atoms. The van der Waals surface area contributed by atoms with Crippen LogP contribution in [0.25, 0.3) is 10.9 Å². The Morgan fingerprint density at radius 2 is 1.28 bits per heavy atom. The van der Waals surface area contributed by atoms with E-state index in [0.717, 1.165) is 10.9 Å².